The minimum absolute atomic E-state index is 0.101. The summed E-state index contributed by atoms with van der Waals surface area (Å²) in [5, 5.41) is 4.24. The molecule has 178 valence electrons. The van der Waals surface area contributed by atoms with E-state index in [0.717, 1.165) is 27.6 Å². The van der Waals surface area contributed by atoms with Crippen LogP contribution in [0.15, 0.2) is 65.5 Å². The molecule has 1 aromatic heterocycles. The summed E-state index contributed by atoms with van der Waals surface area (Å²) in [6.45, 7) is 4.51. The van der Waals surface area contributed by atoms with Crippen molar-refractivity contribution in [1.29, 1.82) is 0 Å². The lowest BCUT2D eigenvalue weighted by Gasteiger charge is -2.24. The van der Waals surface area contributed by atoms with Crippen molar-refractivity contribution < 1.29 is 14.3 Å². The monoisotopic (exact) mass is 489 g/mol. The fourth-order valence-electron chi connectivity index (χ4n) is 4.26. The van der Waals surface area contributed by atoms with E-state index in [2.05, 4.69) is 16.4 Å². The first kappa shape index (κ1) is 22.8. The van der Waals surface area contributed by atoms with E-state index < -0.39 is 0 Å². The summed E-state index contributed by atoms with van der Waals surface area (Å²) in [5.41, 5.74) is 4.49. The van der Waals surface area contributed by atoms with E-state index in [9.17, 15) is 9.59 Å². The van der Waals surface area contributed by atoms with Gasteiger partial charge in [-0.05, 0) is 66.9 Å². The van der Waals surface area contributed by atoms with Crippen molar-refractivity contribution in [3.63, 3.8) is 0 Å². The Morgan fingerprint density at radius 2 is 1.83 bits per heavy atom. The summed E-state index contributed by atoms with van der Waals surface area (Å²) in [5.74, 6) is 1.29. The lowest BCUT2D eigenvalue weighted by atomic mass is 10.0. The van der Waals surface area contributed by atoms with Gasteiger partial charge in [0.05, 0.1) is 17.3 Å². The van der Waals surface area contributed by atoms with Crippen molar-refractivity contribution in [2.75, 3.05) is 12.1 Å². The van der Waals surface area contributed by atoms with Gasteiger partial charge in [0.15, 0.2) is 11.5 Å². The second kappa shape index (κ2) is 9.35. The third-order valence-electron chi connectivity index (χ3n) is 5.96. The second-order valence-electron chi connectivity index (χ2n) is 8.62. The maximum atomic E-state index is 13.4. The highest BCUT2D eigenvalue weighted by molar-refractivity contribution is 6.33. The molecule has 2 heterocycles. The summed E-state index contributed by atoms with van der Waals surface area (Å²) in [6.07, 6.45) is 0. The Hall–Kier alpha value is -3.97. The molecule has 0 fully saturated rings. The number of aromatic amines is 1. The first-order valence-corrected chi connectivity index (χ1v) is 11.6. The molecule has 8 heteroatoms. The average Bonchev–Trinajstić information content (AvgIpc) is 3.29. The molecule has 7 nitrogen and oxygen atoms in total. The van der Waals surface area contributed by atoms with Gasteiger partial charge in [0.25, 0.3) is 5.56 Å². The number of pyridine rings is 1. The normalized spacial score (nSPS) is 12.1. The van der Waals surface area contributed by atoms with Crippen LogP contribution in [0.25, 0.3) is 10.9 Å². The molecule has 2 N–H and O–H groups in total. The van der Waals surface area contributed by atoms with Gasteiger partial charge in [-0.2, -0.15) is 0 Å². The number of H-pyrrole nitrogens is 1. The van der Waals surface area contributed by atoms with E-state index in [1.54, 1.807) is 29.2 Å². The van der Waals surface area contributed by atoms with Crippen molar-refractivity contribution in [1.82, 2.24) is 9.88 Å². The van der Waals surface area contributed by atoms with Gasteiger partial charge < -0.3 is 24.7 Å². The molecule has 0 spiro atoms. The molecule has 4 aromatic rings. The highest BCUT2D eigenvalue weighted by Crippen LogP contribution is 2.33. The molecule has 1 aliphatic heterocycles. The van der Waals surface area contributed by atoms with Crippen molar-refractivity contribution >= 4 is 34.2 Å². The Kier molecular flexibility index (Phi) is 6.09. The number of para-hydroxylation sites is 1. The van der Waals surface area contributed by atoms with Crippen molar-refractivity contribution in [2.24, 2.45) is 0 Å². The Balaban J connectivity index is 1.49. The fourth-order valence-corrected chi connectivity index (χ4v) is 4.44. The van der Waals surface area contributed by atoms with E-state index in [-0.39, 0.29) is 31.5 Å². The van der Waals surface area contributed by atoms with Crippen LogP contribution in [-0.4, -0.2) is 22.7 Å². The van der Waals surface area contributed by atoms with Gasteiger partial charge in [0, 0.05) is 23.0 Å². The van der Waals surface area contributed by atoms with Crippen molar-refractivity contribution in [2.45, 2.75) is 26.9 Å². The first-order valence-electron chi connectivity index (χ1n) is 11.2. The Morgan fingerprint density at radius 3 is 2.66 bits per heavy atom. The topological polar surface area (TPSA) is 83.7 Å². The van der Waals surface area contributed by atoms with E-state index in [1.807, 2.05) is 44.2 Å². The lowest BCUT2D eigenvalue weighted by Crippen LogP contribution is -2.35. The van der Waals surface area contributed by atoms with Crippen LogP contribution < -0.4 is 20.3 Å². The van der Waals surface area contributed by atoms with Crippen molar-refractivity contribution in [3.8, 4) is 11.5 Å². The molecule has 0 atom stereocenters. The number of anilines is 1. The highest BCUT2D eigenvalue weighted by Gasteiger charge is 2.20. The number of nitrogens with one attached hydrogen (secondary N) is 2. The summed E-state index contributed by atoms with van der Waals surface area (Å²) in [4.78, 5) is 30.9. The van der Waals surface area contributed by atoms with Crippen LogP contribution in [0, 0.1) is 13.8 Å². The summed E-state index contributed by atoms with van der Waals surface area (Å²) < 4.78 is 10.9. The number of carbonyl (C=O) groups is 1. The van der Waals surface area contributed by atoms with E-state index in [1.165, 1.54) is 0 Å². The number of aromatic nitrogens is 1. The molecule has 3 aromatic carbocycles. The molecule has 0 unspecified atom stereocenters. The zero-order chi connectivity index (χ0) is 24.5. The number of rotatable bonds is 5. The highest BCUT2D eigenvalue weighted by atomic mass is 35.5. The third-order valence-corrected chi connectivity index (χ3v) is 6.29. The zero-order valence-electron chi connectivity index (χ0n) is 19.4. The molecule has 1 aliphatic rings. The molecule has 0 saturated carbocycles. The van der Waals surface area contributed by atoms with Gasteiger partial charge in [0.2, 0.25) is 6.79 Å². The third kappa shape index (κ3) is 4.81. The Bertz CT molecular complexity index is 1500. The molecule has 0 radical (unpaired) electrons. The van der Waals surface area contributed by atoms with Gasteiger partial charge in [-0.3, -0.25) is 4.79 Å². The minimum atomic E-state index is -0.379. The zero-order valence-corrected chi connectivity index (χ0v) is 20.1. The maximum Gasteiger partial charge on any atom is 0.322 e. The van der Waals surface area contributed by atoms with Crippen LogP contribution in [-0.2, 0) is 13.1 Å². The molecule has 0 bridgehead atoms. The number of fused-ring (bicyclic) bond motifs is 2. The molecule has 0 saturated heterocycles. The molecule has 2 amide bonds. The number of hydrogen-bond donors (Lipinski definition) is 2. The number of hydrogen-bond acceptors (Lipinski definition) is 4. The number of ether oxygens (including phenoxy) is 2. The molecule has 35 heavy (non-hydrogen) atoms. The number of nitrogens with zero attached hydrogens (tertiary/aromatic N) is 1. The predicted molar refractivity (Wildman–Crippen MR) is 136 cm³/mol. The maximum absolute atomic E-state index is 13.4. The minimum Gasteiger partial charge on any atom is -0.454 e. The number of urea groups is 1. The largest absolute Gasteiger partial charge is 0.454 e. The number of carbonyl (C=O) groups excluding carboxylic acids is 1. The van der Waals surface area contributed by atoms with Gasteiger partial charge in [-0.25, -0.2) is 4.79 Å². The molecular weight excluding hydrogens is 466 g/mol. The van der Waals surface area contributed by atoms with Crippen molar-refractivity contribution in [3.05, 3.63) is 98.3 Å². The number of aryl methyl sites for hydroxylation is 2. The summed E-state index contributed by atoms with van der Waals surface area (Å²) in [6, 6.07) is 18.1. The van der Waals surface area contributed by atoms with Crippen LogP contribution in [0.3, 0.4) is 0 Å². The average molecular weight is 490 g/mol. The summed E-state index contributed by atoms with van der Waals surface area (Å²) in [7, 11) is 0. The number of halogens is 1. The Morgan fingerprint density at radius 1 is 1.03 bits per heavy atom. The number of amides is 2. The van der Waals surface area contributed by atoms with Crippen LogP contribution in [0.1, 0.15) is 22.3 Å². The smallest absolute Gasteiger partial charge is 0.322 e. The van der Waals surface area contributed by atoms with E-state index in [4.69, 9.17) is 21.1 Å². The standard InChI is InChI=1S/C27H24ClN3O4/c1-16-9-17(2)20-12-19(26(32)29-23(20)10-16)14-31(27(33)30-22-6-4-3-5-21(22)28)13-18-7-8-24-25(11-18)35-15-34-24/h3-12H,13-15H2,1-2H3,(H,29,32)(H,30,33). The number of benzene rings is 3. The molecule has 0 aliphatic carbocycles. The van der Waals surface area contributed by atoms with Gasteiger partial charge in [-0.15, -0.1) is 0 Å². The van der Waals surface area contributed by atoms with Crippen LogP contribution in [0.5, 0.6) is 11.5 Å². The van der Waals surface area contributed by atoms with Gasteiger partial charge >= 0.3 is 6.03 Å². The Labute approximate surface area is 207 Å². The van der Waals surface area contributed by atoms with Gasteiger partial charge in [-0.1, -0.05) is 35.9 Å². The second-order valence-corrected chi connectivity index (χ2v) is 9.03. The van der Waals surface area contributed by atoms with Crippen LogP contribution >= 0.6 is 11.6 Å². The predicted octanol–water partition coefficient (Wildman–Crippen LogP) is 5.76. The first-order chi connectivity index (χ1) is 16.9. The molecule has 5 rings (SSSR count). The van der Waals surface area contributed by atoms with E-state index >= 15 is 0 Å². The quantitative estimate of drug-likeness (QED) is 0.373. The SMILES string of the molecule is Cc1cc(C)c2cc(CN(Cc3ccc4c(c3)OCO4)C(=O)Nc3ccccc3Cl)c(=O)[nH]c2c1. The lowest BCUT2D eigenvalue weighted by molar-refractivity contribution is 0.174. The summed E-state index contributed by atoms with van der Waals surface area (Å²) >= 11 is 6.26. The van der Waals surface area contributed by atoms with Crippen LogP contribution in [0.2, 0.25) is 5.02 Å². The van der Waals surface area contributed by atoms with Gasteiger partial charge in [0.1, 0.15) is 0 Å². The van der Waals surface area contributed by atoms with Crippen LogP contribution in [0.4, 0.5) is 10.5 Å². The van der Waals surface area contributed by atoms with E-state index in [0.29, 0.717) is 27.8 Å². The molecular formula is C27H24ClN3O4. The fraction of sp³-hybridized carbons (Fsp3) is 0.185.